The Labute approximate surface area is 210 Å². The lowest BCUT2D eigenvalue weighted by Crippen LogP contribution is -2.32. The Morgan fingerprint density at radius 2 is 1.94 bits per heavy atom. The van der Waals surface area contributed by atoms with Crippen molar-refractivity contribution in [3.63, 3.8) is 0 Å². The predicted molar refractivity (Wildman–Crippen MR) is 139 cm³/mol. The van der Waals surface area contributed by atoms with Crippen molar-refractivity contribution >= 4 is 56.5 Å². The van der Waals surface area contributed by atoms with Crippen LogP contribution in [-0.2, 0) is 23.5 Å². The fraction of sp³-hybridized carbons (Fsp3) is 0.280. The Balaban J connectivity index is 1.66. The van der Waals surface area contributed by atoms with Crippen LogP contribution in [-0.4, -0.2) is 15.2 Å². The third-order valence-electron chi connectivity index (χ3n) is 5.74. The zero-order valence-electron chi connectivity index (χ0n) is 18.4. The number of rotatable bonds is 4. The lowest BCUT2D eigenvalue weighted by atomic mass is 9.94. The molecule has 0 unspecified atom stereocenters. The molecule has 0 radical (unpaired) electrons. The number of halogens is 2. The second-order valence-corrected chi connectivity index (χ2v) is 11.7. The summed E-state index contributed by atoms with van der Waals surface area (Å²) in [5.74, 6) is 0.570. The molecule has 0 bridgehead atoms. The van der Waals surface area contributed by atoms with E-state index in [1.54, 1.807) is 22.0 Å². The van der Waals surface area contributed by atoms with E-state index in [9.17, 15) is 4.79 Å². The molecule has 0 spiro atoms. The first-order valence-corrected chi connectivity index (χ1v) is 13.1. The number of aryl methyl sites for hydroxylation is 1. The van der Waals surface area contributed by atoms with Crippen LogP contribution in [0.4, 0.5) is 0 Å². The van der Waals surface area contributed by atoms with E-state index in [0.717, 1.165) is 32.1 Å². The number of hydrogen-bond acceptors (Lipinski definition) is 5. The summed E-state index contributed by atoms with van der Waals surface area (Å²) in [6.07, 6.45) is 0.694. The fourth-order valence-corrected chi connectivity index (χ4v) is 6.69. The average molecular weight is 518 g/mol. The van der Waals surface area contributed by atoms with Gasteiger partial charge in [-0.2, -0.15) is 0 Å². The Hall–Kier alpha value is -1.83. The number of nitrogens with zero attached hydrogens (tertiary/aromatic N) is 2. The first-order valence-electron chi connectivity index (χ1n) is 10.6. The van der Waals surface area contributed by atoms with Crippen LogP contribution in [0.25, 0.3) is 15.9 Å². The van der Waals surface area contributed by atoms with Crippen LogP contribution in [0, 0.1) is 6.92 Å². The predicted octanol–water partition coefficient (Wildman–Crippen LogP) is 7.21. The second-order valence-electron chi connectivity index (χ2n) is 8.80. The van der Waals surface area contributed by atoms with Gasteiger partial charge >= 0.3 is 0 Å². The van der Waals surface area contributed by atoms with Gasteiger partial charge in [0.2, 0.25) is 0 Å². The van der Waals surface area contributed by atoms with Crippen LogP contribution < -0.4 is 5.56 Å². The first-order chi connectivity index (χ1) is 15.7. The number of thioether (sulfide) groups is 1. The van der Waals surface area contributed by atoms with Crippen LogP contribution in [0.3, 0.4) is 0 Å². The van der Waals surface area contributed by atoms with Crippen molar-refractivity contribution in [2.45, 2.75) is 50.3 Å². The average Bonchev–Trinajstić information content (AvgIpc) is 3.11. The standard InChI is InChI=1S/C25H22Cl2N2O2S2/c1-14-4-8-17(9-5-14)29-23(30)21-18-11-25(2,3)31-12-20(18)33-22(21)28-24(29)32-13-15-6-7-16(26)10-19(15)27/h4-10H,11-13H2,1-3H3. The molecule has 0 atom stereocenters. The molecule has 1 aliphatic heterocycles. The highest BCUT2D eigenvalue weighted by molar-refractivity contribution is 7.98. The van der Waals surface area contributed by atoms with Gasteiger partial charge in [0.05, 0.1) is 23.3 Å². The van der Waals surface area contributed by atoms with Gasteiger partial charge in [0, 0.05) is 27.1 Å². The van der Waals surface area contributed by atoms with E-state index < -0.39 is 0 Å². The topological polar surface area (TPSA) is 44.1 Å². The van der Waals surface area contributed by atoms with Crippen molar-refractivity contribution < 1.29 is 4.74 Å². The molecule has 5 rings (SSSR count). The van der Waals surface area contributed by atoms with Gasteiger partial charge in [-0.3, -0.25) is 9.36 Å². The van der Waals surface area contributed by atoms with Gasteiger partial charge in [-0.25, -0.2) is 4.98 Å². The van der Waals surface area contributed by atoms with Crippen molar-refractivity contribution in [2.75, 3.05) is 0 Å². The molecule has 2 aromatic carbocycles. The van der Waals surface area contributed by atoms with Crippen molar-refractivity contribution in [3.8, 4) is 5.69 Å². The van der Waals surface area contributed by atoms with Crippen LogP contribution in [0.1, 0.15) is 35.4 Å². The normalized spacial score (nSPS) is 15.1. The number of aromatic nitrogens is 2. The Kier molecular flexibility index (Phi) is 6.08. The molecule has 8 heteroatoms. The fourth-order valence-electron chi connectivity index (χ4n) is 3.97. The Morgan fingerprint density at radius 1 is 1.18 bits per heavy atom. The number of benzene rings is 2. The number of ether oxygens (including phenoxy) is 1. The summed E-state index contributed by atoms with van der Waals surface area (Å²) in [4.78, 5) is 20.8. The molecule has 0 amide bonds. The quantitative estimate of drug-likeness (QED) is 0.212. The smallest absolute Gasteiger partial charge is 0.267 e. The van der Waals surface area contributed by atoms with Gasteiger partial charge in [-0.05, 0) is 56.2 Å². The summed E-state index contributed by atoms with van der Waals surface area (Å²) in [5.41, 5.74) is 3.61. The van der Waals surface area contributed by atoms with Gasteiger partial charge in [0.15, 0.2) is 5.16 Å². The highest BCUT2D eigenvalue weighted by atomic mass is 35.5. The van der Waals surface area contributed by atoms with Crippen LogP contribution in [0.2, 0.25) is 10.0 Å². The number of thiophene rings is 1. The van der Waals surface area contributed by atoms with Gasteiger partial charge in [-0.15, -0.1) is 11.3 Å². The molecular formula is C25H22Cl2N2O2S2. The maximum atomic E-state index is 13.9. The van der Waals surface area contributed by atoms with E-state index >= 15 is 0 Å². The van der Waals surface area contributed by atoms with Gasteiger partial charge in [0.1, 0.15) is 4.83 Å². The first kappa shape index (κ1) is 22.9. The highest BCUT2D eigenvalue weighted by Crippen LogP contribution is 2.38. The molecule has 0 saturated carbocycles. The molecule has 0 saturated heterocycles. The molecule has 3 heterocycles. The van der Waals surface area contributed by atoms with E-state index in [4.69, 9.17) is 32.9 Å². The lowest BCUT2D eigenvalue weighted by Gasteiger charge is -2.29. The highest BCUT2D eigenvalue weighted by Gasteiger charge is 2.31. The zero-order chi connectivity index (χ0) is 23.3. The number of hydrogen-bond donors (Lipinski definition) is 0. The molecule has 2 aromatic heterocycles. The molecule has 0 aliphatic carbocycles. The SMILES string of the molecule is Cc1ccc(-n2c(SCc3ccc(Cl)cc3Cl)nc3sc4c(c3c2=O)CC(C)(C)OC4)cc1. The molecule has 4 aromatic rings. The molecule has 4 nitrogen and oxygen atoms in total. The van der Waals surface area contributed by atoms with Gasteiger partial charge < -0.3 is 4.74 Å². The minimum Gasteiger partial charge on any atom is -0.370 e. The van der Waals surface area contributed by atoms with Crippen molar-refractivity contribution in [1.29, 1.82) is 0 Å². The minimum absolute atomic E-state index is 0.0382. The van der Waals surface area contributed by atoms with E-state index in [1.165, 1.54) is 11.8 Å². The summed E-state index contributed by atoms with van der Waals surface area (Å²) < 4.78 is 7.72. The molecule has 0 N–H and O–H groups in total. The van der Waals surface area contributed by atoms with E-state index in [2.05, 4.69) is 13.8 Å². The molecule has 170 valence electrons. The maximum absolute atomic E-state index is 13.9. The van der Waals surface area contributed by atoms with Crippen molar-refractivity contribution in [2.24, 2.45) is 0 Å². The van der Waals surface area contributed by atoms with Gasteiger partial charge in [0.25, 0.3) is 5.56 Å². The summed E-state index contributed by atoms with van der Waals surface area (Å²) in [6.45, 7) is 6.66. The van der Waals surface area contributed by atoms with E-state index in [1.807, 2.05) is 43.3 Å². The Morgan fingerprint density at radius 3 is 2.67 bits per heavy atom. The third kappa shape index (κ3) is 4.47. The largest absolute Gasteiger partial charge is 0.370 e. The maximum Gasteiger partial charge on any atom is 0.267 e. The van der Waals surface area contributed by atoms with Crippen LogP contribution >= 0.6 is 46.3 Å². The number of fused-ring (bicyclic) bond motifs is 3. The van der Waals surface area contributed by atoms with Crippen LogP contribution in [0.5, 0.6) is 0 Å². The van der Waals surface area contributed by atoms with Gasteiger partial charge in [-0.1, -0.05) is 58.7 Å². The summed E-state index contributed by atoms with van der Waals surface area (Å²) >= 11 is 15.5. The van der Waals surface area contributed by atoms with E-state index in [-0.39, 0.29) is 11.2 Å². The minimum atomic E-state index is -0.305. The molecule has 0 fully saturated rings. The molecule has 33 heavy (non-hydrogen) atoms. The van der Waals surface area contributed by atoms with Crippen molar-refractivity contribution in [3.05, 3.63) is 84.4 Å². The second kappa shape index (κ2) is 8.75. The van der Waals surface area contributed by atoms with Crippen LogP contribution in [0.15, 0.2) is 52.4 Å². The summed E-state index contributed by atoms with van der Waals surface area (Å²) in [5, 5.41) is 2.55. The monoisotopic (exact) mass is 516 g/mol. The lowest BCUT2D eigenvalue weighted by molar-refractivity contribution is -0.0379. The van der Waals surface area contributed by atoms with E-state index in [0.29, 0.717) is 39.4 Å². The molecule has 1 aliphatic rings. The zero-order valence-corrected chi connectivity index (χ0v) is 21.6. The molecular weight excluding hydrogens is 495 g/mol. The summed E-state index contributed by atoms with van der Waals surface area (Å²) in [6, 6.07) is 13.4. The third-order valence-corrected chi connectivity index (χ3v) is 8.41. The van der Waals surface area contributed by atoms with Crippen molar-refractivity contribution in [1.82, 2.24) is 9.55 Å². The Bertz CT molecular complexity index is 1430. The summed E-state index contributed by atoms with van der Waals surface area (Å²) in [7, 11) is 0.